The predicted molar refractivity (Wildman–Crippen MR) is 134 cm³/mol. The Kier molecular flexibility index (Phi) is 9.63. The number of hydrogen-bond acceptors (Lipinski definition) is 4. The van der Waals surface area contributed by atoms with Crippen LogP contribution in [0.5, 0.6) is 17.2 Å². The van der Waals surface area contributed by atoms with Crippen LogP contribution in [0.1, 0.15) is 31.9 Å². The number of carbonyl (C=O) groups excluding carboxylic acids is 1. The van der Waals surface area contributed by atoms with E-state index >= 15 is 0 Å². The number of hydrogen-bond donors (Lipinski definition) is 1. The van der Waals surface area contributed by atoms with E-state index in [4.69, 9.17) is 21.1 Å². The molecule has 0 bridgehead atoms. The molecule has 3 rings (SSSR count). The van der Waals surface area contributed by atoms with Gasteiger partial charge in [0.05, 0.1) is 17.7 Å². The summed E-state index contributed by atoms with van der Waals surface area (Å²) < 4.78 is 11.8. The second-order valence-electron chi connectivity index (χ2n) is 7.89. The van der Waals surface area contributed by atoms with Crippen LogP contribution in [0, 0.1) is 0 Å². The van der Waals surface area contributed by atoms with Crippen LogP contribution in [0.4, 0.5) is 0 Å². The van der Waals surface area contributed by atoms with Crippen molar-refractivity contribution in [3.05, 3.63) is 65.2 Å². The number of rotatable bonds is 9. The topological polar surface area (TPSA) is 50.8 Å². The number of carbonyl (C=O) groups is 1. The fraction of sp³-hybridized carbons (Fsp3) is 0.320. The van der Waals surface area contributed by atoms with E-state index in [2.05, 4.69) is 16.3 Å². The van der Waals surface area contributed by atoms with Crippen LogP contribution >= 0.6 is 24.0 Å². The van der Waals surface area contributed by atoms with Gasteiger partial charge in [0, 0.05) is 19.5 Å². The highest BCUT2D eigenvalue weighted by atomic mass is 35.5. The van der Waals surface area contributed by atoms with E-state index in [1.54, 1.807) is 6.07 Å². The van der Waals surface area contributed by atoms with E-state index in [1.807, 2.05) is 63.5 Å². The summed E-state index contributed by atoms with van der Waals surface area (Å²) >= 11 is 6.41. The molecule has 1 amide bonds. The van der Waals surface area contributed by atoms with Crippen LogP contribution < -0.4 is 14.8 Å². The van der Waals surface area contributed by atoms with E-state index in [-0.39, 0.29) is 24.4 Å². The van der Waals surface area contributed by atoms with Crippen LogP contribution in [0.15, 0.2) is 54.6 Å². The first-order chi connectivity index (χ1) is 14.8. The van der Waals surface area contributed by atoms with Gasteiger partial charge in [-0.2, -0.15) is 0 Å². The lowest BCUT2D eigenvalue weighted by molar-refractivity contribution is -0.119. The number of fused-ring (bicyclic) bond motifs is 1. The maximum absolute atomic E-state index is 11.3. The minimum atomic E-state index is -0.0433. The number of amides is 1. The smallest absolute Gasteiger partial charge is 0.217 e. The summed E-state index contributed by atoms with van der Waals surface area (Å²) in [7, 11) is 4.09. The molecule has 1 atom stereocenters. The van der Waals surface area contributed by atoms with Crippen LogP contribution in [0.2, 0.25) is 5.02 Å². The minimum Gasteiger partial charge on any atom is -0.493 e. The van der Waals surface area contributed by atoms with Gasteiger partial charge < -0.3 is 19.7 Å². The highest BCUT2D eigenvalue weighted by molar-refractivity contribution is 6.32. The molecule has 0 saturated heterocycles. The largest absolute Gasteiger partial charge is 0.493 e. The summed E-state index contributed by atoms with van der Waals surface area (Å²) in [5.74, 6) is 1.97. The Morgan fingerprint density at radius 1 is 1.03 bits per heavy atom. The number of halogens is 2. The lowest BCUT2D eigenvalue weighted by Gasteiger charge is -2.14. The highest BCUT2D eigenvalue weighted by Crippen LogP contribution is 2.34. The first-order valence-corrected chi connectivity index (χ1v) is 10.8. The SMILES string of the molecule is CC(=O)NC(C)c1ccc2cc(Oc3ccc(OCCCN(C)C)cc3Cl)ccc2c1.Cl. The third kappa shape index (κ3) is 7.30. The van der Waals surface area contributed by atoms with Gasteiger partial charge in [-0.05, 0) is 74.1 Å². The van der Waals surface area contributed by atoms with Crippen molar-refractivity contribution >= 4 is 40.7 Å². The van der Waals surface area contributed by atoms with Crippen LogP contribution in [0.25, 0.3) is 10.8 Å². The molecule has 0 aliphatic rings. The molecule has 0 radical (unpaired) electrons. The molecule has 3 aromatic carbocycles. The highest BCUT2D eigenvalue weighted by Gasteiger charge is 2.09. The Morgan fingerprint density at radius 2 is 1.72 bits per heavy atom. The predicted octanol–water partition coefficient (Wildman–Crippen LogP) is 6.23. The van der Waals surface area contributed by atoms with Crippen LogP contribution in [0.3, 0.4) is 0 Å². The Labute approximate surface area is 201 Å². The summed E-state index contributed by atoms with van der Waals surface area (Å²) in [6, 6.07) is 17.5. The number of nitrogens with zero attached hydrogens (tertiary/aromatic N) is 1. The monoisotopic (exact) mass is 476 g/mol. The number of benzene rings is 3. The molecule has 32 heavy (non-hydrogen) atoms. The quantitative estimate of drug-likeness (QED) is 0.371. The fourth-order valence-corrected chi connectivity index (χ4v) is 3.52. The van der Waals surface area contributed by atoms with E-state index in [9.17, 15) is 4.79 Å². The van der Waals surface area contributed by atoms with Crippen molar-refractivity contribution in [1.29, 1.82) is 0 Å². The van der Waals surface area contributed by atoms with E-state index in [0.717, 1.165) is 35.1 Å². The van der Waals surface area contributed by atoms with Gasteiger partial charge in [-0.15, -0.1) is 12.4 Å². The fourth-order valence-electron chi connectivity index (χ4n) is 3.32. The van der Waals surface area contributed by atoms with Crippen molar-refractivity contribution in [2.24, 2.45) is 0 Å². The number of ether oxygens (including phenoxy) is 2. The summed E-state index contributed by atoms with van der Waals surface area (Å²) in [4.78, 5) is 13.4. The number of nitrogens with one attached hydrogen (secondary N) is 1. The van der Waals surface area contributed by atoms with Gasteiger partial charge in [0.1, 0.15) is 17.2 Å². The molecule has 0 aromatic heterocycles. The standard InChI is InChI=1S/C25H29ClN2O3.ClH/c1-17(27-18(2)29)19-6-7-21-15-23(9-8-20(21)14-19)31-25-11-10-22(16-24(25)26)30-13-5-12-28(3)4;/h6-11,14-17H,5,12-13H2,1-4H3,(H,27,29);1H. The molecule has 0 aliphatic heterocycles. The maximum Gasteiger partial charge on any atom is 0.217 e. The van der Waals surface area contributed by atoms with Gasteiger partial charge >= 0.3 is 0 Å². The van der Waals surface area contributed by atoms with E-state index < -0.39 is 0 Å². The molecule has 0 heterocycles. The Bertz CT molecular complexity index is 1060. The van der Waals surface area contributed by atoms with Gasteiger partial charge in [-0.3, -0.25) is 4.79 Å². The van der Waals surface area contributed by atoms with Gasteiger partial charge in [-0.25, -0.2) is 0 Å². The van der Waals surface area contributed by atoms with E-state index in [1.165, 1.54) is 6.92 Å². The second kappa shape index (κ2) is 12.0. The Morgan fingerprint density at radius 3 is 2.41 bits per heavy atom. The summed E-state index contributed by atoms with van der Waals surface area (Å²) in [6.07, 6.45) is 0.950. The van der Waals surface area contributed by atoms with Gasteiger partial charge in [0.15, 0.2) is 0 Å². The van der Waals surface area contributed by atoms with Crippen molar-refractivity contribution in [3.8, 4) is 17.2 Å². The zero-order valence-corrected chi connectivity index (χ0v) is 20.4. The molecular weight excluding hydrogens is 447 g/mol. The molecule has 0 spiro atoms. The van der Waals surface area contributed by atoms with Crippen LogP contribution in [-0.2, 0) is 4.79 Å². The average molecular weight is 477 g/mol. The molecule has 5 nitrogen and oxygen atoms in total. The van der Waals surface area contributed by atoms with Gasteiger partial charge in [0.25, 0.3) is 0 Å². The summed E-state index contributed by atoms with van der Waals surface area (Å²) in [5, 5.41) is 5.54. The molecule has 0 saturated carbocycles. The normalized spacial score (nSPS) is 11.7. The summed E-state index contributed by atoms with van der Waals surface area (Å²) in [5.41, 5.74) is 1.06. The van der Waals surface area contributed by atoms with Crippen molar-refractivity contribution in [3.63, 3.8) is 0 Å². The average Bonchev–Trinajstić information content (AvgIpc) is 2.72. The molecule has 1 unspecified atom stereocenters. The van der Waals surface area contributed by atoms with Crippen molar-refractivity contribution in [2.45, 2.75) is 26.3 Å². The van der Waals surface area contributed by atoms with Crippen molar-refractivity contribution in [1.82, 2.24) is 10.2 Å². The van der Waals surface area contributed by atoms with Gasteiger partial charge in [-0.1, -0.05) is 29.8 Å². The molecule has 0 fully saturated rings. The molecule has 3 aromatic rings. The third-order valence-corrected chi connectivity index (χ3v) is 5.20. The minimum absolute atomic E-state index is 0. The third-order valence-electron chi connectivity index (χ3n) is 4.91. The zero-order valence-electron chi connectivity index (χ0n) is 18.9. The first kappa shape index (κ1) is 25.8. The molecule has 1 N–H and O–H groups in total. The first-order valence-electron chi connectivity index (χ1n) is 10.4. The lowest BCUT2D eigenvalue weighted by Crippen LogP contribution is -2.23. The molecular formula is C25H30Cl2N2O3. The van der Waals surface area contributed by atoms with E-state index in [0.29, 0.717) is 23.1 Å². The Hall–Kier alpha value is -2.47. The molecule has 7 heteroatoms. The summed E-state index contributed by atoms with van der Waals surface area (Å²) in [6.45, 7) is 5.11. The Balaban J connectivity index is 0.00000363. The zero-order chi connectivity index (χ0) is 22.4. The lowest BCUT2D eigenvalue weighted by atomic mass is 10.0. The van der Waals surface area contributed by atoms with Gasteiger partial charge in [0.2, 0.25) is 5.91 Å². The molecule has 172 valence electrons. The van der Waals surface area contributed by atoms with Crippen molar-refractivity contribution < 1.29 is 14.3 Å². The van der Waals surface area contributed by atoms with Crippen molar-refractivity contribution in [2.75, 3.05) is 27.2 Å². The maximum atomic E-state index is 11.3. The second-order valence-corrected chi connectivity index (χ2v) is 8.30. The molecule has 0 aliphatic carbocycles. The van der Waals surface area contributed by atoms with Crippen LogP contribution in [-0.4, -0.2) is 38.1 Å².